The van der Waals surface area contributed by atoms with Crippen molar-refractivity contribution >= 4 is 17.1 Å². The van der Waals surface area contributed by atoms with E-state index in [1.54, 1.807) is 0 Å². The van der Waals surface area contributed by atoms with Gasteiger partial charge in [-0.15, -0.1) is 0 Å². The molecule has 0 saturated carbocycles. The van der Waals surface area contributed by atoms with E-state index >= 15 is 0 Å². The highest BCUT2D eigenvalue weighted by Gasteiger charge is 2.47. The Kier molecular flexibility index (Phi) is 8.69. The summed E-state index contributed by atoms with van der Waals surface area (Å²) in [5.74, 6) is 0. The molecule has 0 bridgehead atoms. The Bertz CT molecular complexity index is 3180. The molecule has 0 fully saturated rings. The molecule has 1 heteroatoms. The first kappa shape index (κ1) is 36.8. The van der Waals surface area contributed by atoms with E-state index in [0.717, 1.165) is 17.1 Å². The Morgan fingerprint density at radius 2 is 0.587 bits per heavy atom. The number of hydrogen-bond donors (Lipinski definition) is 0. The zero-order valence-electron chi connectivity index (χ0n) is 34.8. The largest absolute Gasteiger partial charge is 0.310 e. The van der Waals surface area contributed by atoms with Crippen molar-refractivity contribution in [2.45, 2.75) is 10.8 Å². The van der Waals surface area contributed by atoms with Crippen LogP contribution < -0.4 is 4.90 Å². The van der Waals surface area contributed by atoms with Gasteiger partial charge in [0.15, 0.2) is 0 Å². The predicted octanol–water partition coefficient (Wildman–Crippen LogP) is 15.5. The SMILES string of the molecule is c1ccc(-c2ccccc2N(c2ccc(C3(c4ccccc4)c4ccccc4-c4ccccc43)cc2)c2ccc3c(c2)-c2ccccc2C3(c2ccccc2)c2ccccc2)cc1. The fourth-order valence-corrected chi connectivity index (χ4v) is 11.1. The summed E-state index contributed by atoms with van der Waals surface area (Å²) in [5.41, 5.74) is 20.1. The van der Waals surface area contributed by atoms with Crippen molar-refractivity contribution < 1.29 is 0 Å². The highest BCUT2D eigenvalue weighted by Crippen LogP contribution is 2.59. The van der Waals surface area contributed by atoms with Crippen molar-refractivity contribution in [3.05, 3.63) is 305 Å². The minimum absolute atomic E-state index is 0.471. The first-order valence-corrected chi connectivity index (χ1v) is 21.9. The van der Waals surface area contributed by atoms with E-state index in [1.165, 1.54) is 77.9 Å². The van der Waals surface area contributed by atoms with Crippen LogP contribution in [0.2, 0.25) is 0 Å². The molecule has 1 nitrogen and oxygen atoms in total. The van der Waals surface area contributed by atoms with Crippen molar-refractivity contribution in [2.75, 3.05) is 4.90 Å². The topological polar surface area (TPSA) is 3.24 Å². The van der Waals surface area contributed by atoms with E-state index in [1.807, 2.05) is 0 Å². The Labute approximate surface area is 369 Å². The van der Waals surface area contributed by atoms with E-state index in [2.05, 4.69) is 266 Å². The number of benzene rings is 10. The first-order valence-electron chi connectivity index (χ1n) is 21.9. The van der Waals surface area contributed by atoms with Gasteiger partial charge in [-0.05, 0) is 103 Å². The minimum Gasteiger partial charge on any atom is -0.310 e. The Balaban J connectivity index is 1.09. The smallest absolute Gasteiger partial charge is 0.0713 e. The maximum Gasteiger partial charge on any atom is 0.0713 e. The van der Waals surface area contributed by atoms with E-state index in [0.29, 0.717) is 0 Å². The maximum absolute atomic E-state index is 2.46. The molecular weight excluding hydrogens is 759 g/mol. The van der Waals surface area contributed by atoms with Gasteiger partial charge in [-0.25, -0.2) is 0 Å². The second-order valence-corrected chi connectivity index (χ2v) is 16.7. The lowest BCUT2D eigenvalue weighted by atomic mass is 9.67. The van der Waals surface area contributed by atoms with Gasteiger partial charge in [0.05, 0.1) is 16.5 Å². The van der Waals surface area contributed by atoms with Crippen LogP contribution in [0.4, 0.5) is 17.1 Å². The molecule has 10 aromatic carbocycles. The lowest BCUT2D eigenvalue weighted by Gasteiger charge is -2.35. The van der Waals surface area contributed by atoms with Gasteiger partial charge in [0, 0.05) is 16.9 Å². The zero-order valence-corrected chi connectivity index (χ0v) is 34.8. The molecule has 296 valence electrons. The highest BCUT2D eigenvalue weighted by atomic mass is 15.1. The minimum atomic E-state index is -0.477. The summed E-state index contributed by atoms with van der Waals surface area (Å²) < 4.78 is 0. The molecule has 2 aliphatic rings. The number of nitrogens with zero attached hydrogens (tertiary/aromatic N) is 1. The van der Waals surface area contributed by atoms with Crippen molar-refractivity contribution in [3.63, 3.8) is 0 Å². The molecule has 0 saturated heterocycles. The molecule has 63 heavy (non-hydrogen) atoms. The summed E-state index contributed by atoms with van der Waals surface area (Å²) >= 11 is 0. The molecule has 0 aliphatic heterocycles. The Morgan fingerprint density at radius 1 is 0.238 bits per heavy atom. The summed E-state index contributed by atoms with van der Waals surface area (Å²) in [4.78, 5) is 2.46. The van der Waals surface area contributed by atoms with Gasteiger partial charge in [0.25, 0.3) is 0 Å². The summed E-state index contributed by atoms with van der Waals surface area (Å²) in [7, 11) is 0. The fourth-order valence-electron chi connectivity index (χ4n) is 11.1. The van der Waals surface area contributed by atoms with Crippen LogP contribution in [0.3, 0.4) is 0 Å². The molecule has 2 aliphatic carbocycles. The van der Waals surface area contributed by atoms with Gasteiger partial charge in [0.1, 0.15) is 0 Å². The van der Waals surface area contributed by atoms with Gasteiger partial charge in [0.2, 0.25) is 0 Å². The van der Waals surface area contributed by atoms with Gasteiger partial charge < -0.3 is 4.90 Å². The number of rotatable bonds is 8. The average Bonchev–Trinajstić information content (AvgIpc) is 3.84. The number of anilines is 3. The summed E-state index contributed by atoms with van der Waals surface area (Å²) in [6, 6.07) is 96.3. The zero-order chi connectivity index (χ0) is 41.8. The van der Waals surface area contributed by atoms with Gasteiger partial charge in [-0.3, -0.25) is 0 Å². The lowest BCUT2D eigenvalue weighted by molar-refractivity contribution is 0.768. The lowest BCUT2D eigenvalue weighted by Crippen LogP contribution is -2.28. The molecule has 0 radical (unpaired) electrons. The Hall–Kier alpha value is -8.00. The third-order valence-electron chi connectivity index (χ3n) is 13.6. The number of fused-ring (bicyclic) bond motifs is 6. The molecule has 0 heterocycles. The van der Waals surface area contributed by atoms with Crippen LogP contribution in [0.15, 0.2) is 261 Å². The monoisotopic (exact) mass is 801 g/mol. The van der Waals surface area contributed by atoms with E-state index in [9.17, 15) is 0 Å². The molecule has 0 atom stereocenters. The molecular formula is C62H43N. The number of hydrogen-bond acceptors (Lipinski definition) is 1. The molecule has 0 unspecified atom stereocenters. The standard InChI is InChI=1S/C62H43N/c1-5-21-44(22-6-1)51-29-16-20-36-60(51)63(49-39-37-48(38-40-49)62(47-27-11-4-12-28-47)56-33-17-13-30-52(56)53-31-14-18-34-57(53)62)50-41-42-59-55(43-50)54-32-15-19-35-58(54)61(59,45-23-7-2-8-24-45)46-25-9-3-10-26-46/h1-43H. The predicted molar refractivity (Wildman–Crippen MR) is 261 cm³/mol. The summed E-state index contributed by atoms with van der Waals surface area (Å²) in [5, 5.41) is 0. The normalized spacial score (nSPS) is 13.7. The molecule has 0 amide bonds. The van der Waals surface area contributed by atoms with E-state index < -0.39 is 10.8 Å². The van der Waals surface area contributed by atoms with Gasteiger partial charge >= 0.3 is 0 Å². The first-order chi connectivity index (χ1) is 31.3. The van der Waals surface area contributed by atoms with E-state index in [4.69, 9.17) is 0 Å². The second kappa shape index (κ2) is 14.9. The molecule has 0 N–H and O–H groups in total. The Morgan fingerprint density at radius 3 is 1.08 bits per heavy atom. The number of para-hydroxylation sites is 1. The van der Waals surface area contributed by atoms with Crippen LogP contribution in [0.25, 0.3) is 33.4 Å². The quantitative estimate of drug-likeness (QED) is 0.148. The third-order valence-corrected chi connectivity index (χ3v) is 13.6. The van der Waals surface area contributed by atoms with Crippen molar-refractivity contribution in [2.24, 2.45) is 0 Å². The molecule has 10 aromatic rings. The van der Waals surface area contributed by atoms with Gasteiger partial charge in [-0.1, -0.05) is 231 Å². The maximum atomic E-state index is 2.46. The summed E-state index contributed by atoms with van der Waals surface area (Å²) in [6.45, 7) is 0. The highest BCUT2D eigenvalue weighted by molar-refractivity contribution is 5.93. The van der Waals surface area contributed by atoms with Crippen LogP contribution in [-0.2, 0) is 10.8 Å². The average molecular weight is 802 g/mol. The second-order valence-electron chi connectivity index (χ2n) is 16.7. The fraction of sp³-hybridized carbons (Fsp3) is 0.0323. The van der Waals surface area contributed by atoms with Crippen LogP contribution in [0.5, 0.6) is 0 Å². The van der Waals surface area contributed by atoms with E-state index in [-0.39, 0.29) is 0 Å². The van der Waals surface area contributed by atoms with Crippen LogP contribution >= 0.6 is 0 Å². The van der Waals surface area contributed by atoms with Crippen molar-refractivity contribution in [3.8, 4) is 33.4 Å². The molecule has 0 spiro atoms. The van der Waals surface area contributed by atoms with Crippen molar-refractivity contribution in [1.82, 2.24) is 0 Å². The third kappa shape index (κ3) is 5.50. The van der Waals surface area contributed by atoms with Crippen LogP contribution in [0, 0.1) is 0 Å². The van der Waals surface area contributed by atoms with Gasteiger partial charge in [-0.2, -0.15) is 0 Å². The van der Waals surface area contributed by atoms with Crippen LogP contribution in [0.1, 0.15) is 44.5 Å². The molecule has 0 aromatic heterocycles. The summed E-state index contributed by atoms with van der Waals surface area (Å²) in [6.07, 6.45) is 0. The van der Waals surface area contributed by atoms with Crippen LogP contribution in [-0.4, -0.2) is 0 Å². The molecule has 12 rings (SSSR count). The van der Waals surface area contributed by atoms with Crippen molar-refractivity contribution in [1.29, 1.82) is 0 Å².